The van der Waals surface area contributed by atoms with Crippen LogP contribution in [0.25, 0.3) is 6.08 Å². The summed E-state index contributed by atoms with van der Waals surface area (Å²) in [4.78, 5) is 26.3. The van der Waals surface area contributed by atoms with Gasteiger partial charge in [-0.3, -0.25) is 14.5 Å². The molecule has 0 atom stereocenters. The Labute approximate surface area is 165 Å². The minimum absolute atomic E-state index is 0.00895. The first-order valence-electron chi connectivity index (χ1n) is 8.26. The molecule has 3 rings (SSSR count). The highest BCUT2D eigenvalue weighted by Crippen LogP contribution is 2.40. The van der Waals surface area contributed by atoms with Crippen molar-refractivity contribution in [1.29, 1.82) is 0 Å². The third-order valence-electron chi connectivity index (χ3n) is 4.09. The van der Waals surface area contributed by atoms with E-state index < -0.39 is 17.0 Å². The van der Waals surface area contributed by atoms with Crippen LogP contribution in [0.4, 0.5) is 9.18 Å². The van der Waals surface area contributed by atoms with E-state index in [9.17, 15) is 14.0 Å². The van der Waals surface area contributed by atoms with E-state index in [0.29, 0.717) is 28.4 Å². The summed E-state index contributed by atoms with van der Waals surface area (Å²) in [5.41, 5.74) is 1.15. The third-order valence-corrected chi connectivity index (χ3v) is 5.00. The van der Waals surface area contributed by atoms with Gasteiger partial charge in [0, 0.05) is 0 Å². The lowest BCUT2D eigenvalue weighted by Crippen LogP contribution is -2.27. The van der Waals surface area contributed by atoms with Gasteiger partial charge in [0.1, 0.15) is 5.82 Å². The zero-order chi connectivity index (χ0) is 20.3. The Hall–Kier alpha value is -3.00. The summed E-state index contributed by atoms with van der Waals surface area (Å²) in [6, 6.07) is 9.17. The summed E-state index contributed by atoms with van der Waals surface area (Å²) >= 11 is 0.829. The molecule has 6 nitrogen and oxygen atoms in total. The minimum Gasteiger partial charge on any atom is -0.493 e. The number of amides is 2. The Morgan fingerprint density at radius 2 is 1.71 bits per heavy atom. The van der Waals surface area contributed by atoms with Crippen molar-refractivity contribution < 1.29 is 28.2 Å². The first-order chi connectivity index (χ1) is 13.5. The van der Waals surface area contributed by atoms with Gasteiger partial charge in [0.2, 0.25) is 5.75 Å². The monoisotopic (exact) mass is 403 g/mol. The van der Waals surface area contributed by atoms with Gasteiger partial charge in [-0.25, -0.2) is 4.39 Å². The molecule has 0 aliphatic carbocycles. The summed E-state index contributed by atoms with van der Waals surface area (Å²) in [7, 11) is 4.49. The van der Waals surface area contributed by atoms with Gasteiger partial charge in [-0.2, -0.15) is 0 Å². The van der Waals surface area contributed by atoms with Crippen molar-refractivity contribution in [2.75, 3.05) is 21.3 Å². The van der Waals surface area contributed by atoms with Crippen LogP contribution in [0.3, 0.4) is 0 Å². The molecule has 1 aliphatic rings. The van der Waals surface area contributed by atoms with Gasteiger partial charge in [-0.05, 0) is 53.2 Å². The minimum atomic E-state index is -0.437. The average Bonchev–Trinajstić information content (AvgIpc) is 2.94. The SMILES string of the molecule is COc1cc(C=C2SC(=O)N(Cc3cccc(F)c3)C2=O)cc(OC)c1OC. The summed E-state index contributed by atoms with van der Waals surface area (Å²) in [5.74, 6) is 0.450. The molecule has 1 heterocycles. The van der Waals surface area contributed by atoms with Crippen molar-refractivity contribution >= 4 is 29.0 Å². The Balaban J connectivity index is 1.89. The molecule has 0 spiro atoms. The molecule has 2 amide bonds. The van der Waals surface area contributed by atoms with E-state index in [1.807, 2.05) is 0 Å². The first kappa shape index (κ1) is 19.8. The van der Waals surface area contributed by atoms with Gasteiger partial charge in [0.25, 0.3) is 11.1 Å². The van der Waals surface area contributed by atoms with Crippen LogP contribution in [0.1, 0.15) is 11.1 Å². The van der Waals surface area contributed by atoms with Crippen molar-refractivity contribution in [3.05, 3.63) is 58.2 Å². The molecule has 1 fully saturated rings. The number of benzene rings is 2. The van der Waals surface area contributed by atoms with Crippen LogP contribution in [0.2, 0.25) is 0 Å². The second kappa shape index (κ2) is 8.35. The molecule has 1 aliphatic heterocycles. The fraction of sp³-hybridized carbons (Fsp3) is 0.200. The number of nitrogens with zero attached hydrogens (tertiary/aromatic N) is 1. The Morgan fingerprint density at radius 3 is 2.29 bits per heavy atom. The van der Waals surface area contributed by atoms with Crippen molar-refractivity contribution in [1.82, 2.24) is 4.90 Å². The lowest BCUT2D eigenvalue weighted by atomic mass is 10.1. The van der Waals surface area contributed by atoms with Crippen molar-refractivity contribution in [3.63, 3.8) is 0 Å². The number of rotatable bonds is 6. The fourth-order valence-corrected chi connectivity index (χ4v) is 3.63. The molecule has 1 saturated heterocycles. The lowest BCUT2D eigenvalue weighted by molar-refractivity contribution is -0.123. The summed E-state index contributed by atoms with van der Waals surface area (Å²) in [6.45, 7) is 0.00895. The first-order valence-corrected chi connectivity index (χ1v) is 9.08. The van der Waals surface area contributed by atoms with Gasteiger partial charge in [-0.1, -0.05) is 12.1 Å². The number of imide groups is 1. The van der Waals surface area contributed by atoms with Crippen molar-refractivity contribution in [2.45, 2.75) is 6.54 Å². The summed E-state index contributed by atoms with van der Waals surface area (Å²) in [6.07, 6.45) is 1.58. The summed E-state index contributed by atoms with van der Waals surface area (Å²) < 4.78 is 29.3. The molecule has 28 heavy (non-hydrogen) atoms. The van der Waals surface area contributed by atoms with Crippen LogP contribution in [-0.4, -0.2) is 37.4 Å². The molecule has 2 aromatic carbocycles. The normalized spacial score (nSPS) is 15.3. The van der Waals surface area contributed by atoms with Crippen LogP contribution >= 0.6 is 11.8 Å². The van der Waals surface area contributed by atoms with E-state index in [2.05, 4.69) is 0 Å². The molecule has 146 valence electrons. The number of hydrogen-bond acceptors (Lipinski definition) is 6. The fourth-order valence-electron chi connectivity index (χ4n) is 2.79. The number of thioether (sulfide) groups is 1. The maximum absolute atomic E-state index is 13.4. The van der Waals surface area contributed by atoms with Crippen molar-refractivity contribution in [2.24, 2.45) is 0 Å². The molecule has 0 saturated carbocycles. The molecule has 0 N–H and O–H groups in total. The number of hydrogen-bond donors (Lipinski definition) is 0. The van der Waals surface area contributed by atoms with E-state index in [4.69, 9.17) is 14.2 Å². The predicted octanol–water partition coefficient (Wildman–Crippen LogP) is 4.09. The maximum atomic E-state index is 13.4. The number of methoxy groups -OCH3 is 3. The summed E-state index contributed by atoms with van der Waals surface area (Å²) in [5, 5.41) is -0.409. The average molecular weight is 403 g/mol. The van der Waals surface area contributed by atoms with Gasteiger partial charge in [0.05, 0.1) is 32.8 Å². The number of carbonyl (C=O) groups excluding carboxylic acids is 2. The Bertz CT molecular complexity index is 934. The molecule has 8 heteroatoms. The second-order valence-electron chi connectivity index (χ2n) is 5.86. The quantitative estimate of drug-likeness (QED) is 0.677. The zero-order valence-corrected chi connectivity index (χ0v) is 16.3. The lowest BCUT2D eigenvalue weighted by Gasteiger charge is -2.13. The number of halogens is 1. The number of ether oxygens (including phenoxy) is 3. The van der Waals surface area contributed by atoms with E-state index in [0.717, 1.165) is 16.7 Å². The van der Waals surface area contributed by atoms with Crippen molar-refractivity contribution in [3.8, 4) is 17.2 Å². The smallest absolute Gasteiger partial charge is 0.293 e. The highest BCUT2D eigenvalue weighted by Gasteiger charge is 2.35. The zero-order valence-electron chi connectivity index (χ0n) is 15.5. The maximum Gasteiger partial charge on any atom is 0.293 e. The van der Waals surface area contributed by atoms with E-state index >= 15 is 0 Å². The number of carbonyl (C=O) groups is 2. The Morgan fingerprint density at radius 1 is 1.04 bits per heavy atom. The highest BCUT2D eigenvalue weighted by atomic mass is 32.2. The third kappa shape index (κ3) is 3.96. The van der Waals surface area contributed by atoms with E-state index in [1.54, 1.807) is 24.3 Å². The molecular weight excluding hydrogens is 385 g/mol. The van der Waals surface area contributed by atoms with E-state index in [-0.39, 0.29) is 11.4 Å². The Kier molecular flexibility index (Phi) is 5.89. The largest absolute Gasteiger partial charge is 0.493 e. The molecule has 2 aromatic rings. The topological polar surface area (TPSA) is 65.1 Å². The van der Waals surface area contributed by atoms with Gasteiger partial charge in [-0.15, -0.1) is 0 Å². The predicted molar refractivity (Wildman–Crippen MR) is 104 cm³/mol. The van der Waals surface area contributed by atoms with Gasteiger partial charge >= 0.3 is 0 Å². The van der Waals surface area contributed by atoms with Gasteiger partial charge in [0.15, 0.2) is 11.5 Å². The molecular formula is C20H18FNO5S. The highest BCUT2D eigenvalue weighted by molar-refractivity contribution is 8.18. The van der Waals surface area contributed by atoms with Crippen LogP contribution in [-0.2, 0) is 11.3 Å². The van der Waals surface area contributed by atoms with E-state index in [1.165, 1.54) is 39.5 Å². The molecule has 0 aromatic heterocycles. The van der Waals surface area contributed by atoms with Crippen LogP contribution in [0.15, 0.2) is 41.3 Å². The standard InChI is InChI=1S/C20H18FNO5S/c1-25-15-8-13(9-16(26-2)18(15)27-3)10-17-19(23)22(20(24)28-17)11-12-5-4-6-14(21)7-12/h4-10H,11H2,1-3H3. The molecule has 0 radical (unpaired) electrons. The van der Waals surface area contributed by atoms with Crippen LogP contribution in [0.5, 0.6) is 17.2 Å². The second-order valence-corrected chi connectivity index (χ2v) is 6.85. The molecule has 0 bridgehead atoms. The van der Waals surface area contributed by atoms with Crippen LogP contribution < -0.4 is 14.2 Å². The molecule has 0 unspecified atom stereocenters. The van der Waals surface area contributed by atoms with Crippen LogP contribution in [0, 0.1) is 5.82 Å². The van der Waals surface area contributed by atoms with Gasteiger partial charge < -0.3 is 14.2 Å².